The van der Waals surface area contributed by atoms with Crippen molar-refractivity contribution in [2.75, 3.05) is 13.1 Å². The van der Waals surface area contributed by atoms with Gasteiger partial charge >= 0.3 is 6.18 Å². The van der Waals surface area contributed by atoms with Gasteiger partial charge in [0.2, 0.25) is 5.43 Å². The molecule has 0 unspecified atom stereocenters. The molecule has 0 radical (unpaired) electrons. The van der Waals surface area contributed by atoms with Gasteiger partial charge in [-0.15, -0.1) is 0 Å². The van der Waals surface area contributed by atoms with Gasteiger partial charge in [0, 0.05) is 24.8 Å². The molecule has 1 amide bonds. The average molecular weight is 379 g/mol. The number of carbonyl (C=O) groups is 1. The molecule has 27 heavy (non-hydrogen) atoms. The molecule has 144 valence electrons. The highest BCUT2D eigenvalue weighted by atomic mass is 19.4. The Labute approximate surface area is 154 Å². The molecule has 0 aliphatic heterocycles. The molecule has 0 N–H and O–H groups in total. The van der Waals surface area contributed by atoms with Crippen molar-refractivity contribution in [1.82, 2.24) is 14.7 Å². The molecule has 0 saturated heterocycles. The van der Waals surface area contributed by atoms with Crippen LogP contribution in [0.1, 0.15) is 35.6 Å². The second-order valence-corrected chi connectivity index (χ2v) is 6.23. The Morgan fingerprint density at radius 3 is 2.52 bits per heavy atom. The molecule has 0 atom stereocenters. The van der Waals surface area contributed by atoms with E-state index in [1.54, 1.807) is 13.8 Å². The summed E-state index contributed by atoms with van der Waals surface area (Å²) in [4.78, 5) is 26.4. The summed E-state index contributed by atoms with van der Waals surface area (Å²) in [6, 6.07) is 5.73. The second-order valence-electron chi connectivity index (χ2n) is 6.23. The van der Waals surface area contributed by atoms with E-state index in [0.717, 1.165) is 17.7 Å². The first-order valence-electron chi connectivity index (χ1n) is 8.27. The zero-order valence-electron chi connectivity index (χ0n) is 15.3. The molecular weight excluding hydrogens is 359 g/mol. The zero-order chi connectivity index (χ0) is 20.4. The summed E-state index contributed by atoms with van der Waals surface area (Å²) < 4.78 is 40.1. The van der Waals surface area contributed by atoms with E-state index < -0.39 is 23.1 Å². The van der Waals surface area contributed by atoms with Crippen LogP contribution in [0.3, 0.4) is 0 Å². The van der Waals surface area contributed by atoms with Crippen LogP contribution in [0.4, 0.5) is 13.2 Å². The smallest absolute Gasteiger partial charge is 0.333 e. The van der Waals surface area contributed by atoms with Crippen LogP contribution in [0, 0.1) is 6.92 Å². The lowest BCUT2D eigenvalue weighted by Gasteiger charge is -2.21. The first-order valence-corrected chi connectivity index (χ1v) is 8.27. The number of aromatic nitrogens is 2. The lowest BCUT2D eigenvalue weighted by Crippen LogP contribution is -2.37. The van der Waals surface area contributed by atoms with E-state index in [0.29, 0.717) is 12.2 Å². The van der Waals surface area contributed by atoms with Crippen molar-refractivity contribution in [3.63, 3.8) is 0 Å². The minimum Gasteiger partial charge on any atom is -0.333 e. The normalized spacial score (nSPS) is 11.3. The van der Waals surface area contributed by atoms with Crippen LogP contribution < -0.4 is 5.43 Å². The Kier molecular flexibility index (Phi) is 5.88. The number of aryl methyl sites for hydroxylation is 1. The van der Waals surface area contributed by atoms with Gasteiger partial charge in [0.25, 0.3) is 5.91 Å². The van der Waals surface area contributed by atoms with E-state index in [-0.39, 0.29) is 17.9 Å². The largest absolute Gasteiger partial charge is 0.416 e. The lowest BCUT2D eigenvalue weighted by molar-refractivity contribution is -0.137. The lowest BCUT2D eigenvalue weighted by atomic mass is 10.2. The van der Waals surface area contributed by atoms with E-state index in [2.05, 4.69) is 11.7 Å². The van der Waals surface area contributed by atoms with Crippen LogP contribution in [-0.2, 0) is 6.18 Å². The number of likely N-dealkylation sites (N-methyl/N-ethyl adjacent to an activating group) is 1. The highest BCUT2D eigenvalue weighted by Crippen LogP contribution is 2.30. The number of alkyl halides is 3. The van der Waals surface area contributed by atoms with Gasteiger partial charge in [-0.2, -0.15) is 18.3 Å². The van der Waals surface area contributed by atoms with Crippen molar-refractivity contribution in [3.8, 4) is 5.69 Å². The van der Waals surface area contributed by atoms with Gasteiger partial charge in [0.05, 0.1) is 11.3 Å². The Hall–Kier alpha value is -2.90. The summed E-state index contributed by atoms with van der Waals surface area (Å²) in [5.74, 6) is -0.591. The fraction of sp³-hybridized carbons (Fsp3) is 0.316. The average Bonchev–Trinajstić information content (AvgIpc) is 2.58. The molecule has 0 saturated carbocycles. The summed E-state index contributed by atoms with van der Waals surface area (Å²) in [7, 11) is 0. The molecule has 1 aromatic carbocycles. The summed E-state index contributed by atoms with van der Waals surface area (Å²) in [6.45, 7) is 9.38. The van der Waals surface area contributed by atoms with Crippen molar-refractivity contribution in [3.05, 3.63) is 69.7 Å². The van der Waals surface area contributed by atoms with Gasteiger partial charge in [-0.05, 0) is 39.0 Å². The van der Waals surface area contributed by atoms with Gasteiger partial charge in [-0.1, -0.05) is 18.2 Å². The first kappa shape index (κ1) is 20.4. The molecule has 1 heterocycles. The van der Waals surface area contributed by atoms with E-state index in [1.807, 2.05) is 0 Å². The summed E-state index contributed by atoms with van der Waals surface area (Å²) in [5, 5.41) is 4.06. The maximum atomic E-state index is 13.0. The molecule has 5 nitrogen and oxygen atoms in total. The maximum absolute atomic E-state index is 13.0. The molecule has 8 heteroatoms. The minimum atomic E-state index is -4.51. The minimum absolute atomic E-state index is 0.110. The highest BCUT2D eigenvalue weighted by molar-refractivity contribution is 5.92. The predicted molar refractivity (Wildman–Crippen MR) is 96.0 cm³/mol. The first-order chi connectivity index (χ1) is 12.5. The van der Waals surface area contributed by atoms with Gasteiger partial charge in [0.1, 0.15) is 0 Å². The number of hydrogen-bond acceptors (Lipinski definition) is 3. The van der Waals surface area contributed by atoms with Crippen molar-refractivity contribution in [2.24, 2.45) is 0 Å². The molecule has 2 aromatic rings. The third-order valence-electron chi connectivity index (χ3n) is 3.86. The summed E-state index contributed by atoms with van der Waals surface area (Å²) >= 11 is 0. The molecule has 1 aromatic heterocycles. The van der Waals surface area contributed by atoms with Gasteiger partial charge in [-0.25, -0.2) is 4.68 Å². The number of hydrogen-bond donors (Lipinski definition) is 0. The van der Waals surface area contributed by atoms with Gasteiger partial charge in [0.15, 0.2) is 5.69 Å². The quantitative estimate of drug-likeness (QED) is 0.746. The Bertz CT molecular complexity index is 933. The van der Waals surface area contributed by atoms with Crippen molar-refractivity contribution < 1.29 is 18.0 Å². The molecule has 0 spiro atoms. The van der Waals surface area contributed by atoms with Crippen LogP contribution in [0.5, 0.6) is 0 Å². The molecule has 2 rings (SSSR count). The van der Waals surface area contributed by atoms with Crippen LogP contribution >= 0.6 is 0 Å². The number of nitrogens with zero attached hydrogens (tertiary/aromatic N) is 3. The monoisotopic (exact) mass is 379 g/mol. The molecular formula is C19H20F3N3O2. The molecule has 0 aliphatic rings. The molecule has 0 aliphatic carbocycles. The van der Waals surface area contributed by atoms with E-state index in [1.165, 1.54) is 34.7 Å². The highest BCUT2D eigenvalue weighted by Gasteiger charge is 2.30. The van der Waals surface area contributed by atoms with Crippen molar-refractivity contribution >= 4 is 5.91 Å². The van der Waals surface area contributed by atoms with Crippen molar-refractivity contribution in [1.29, 1.82) is 0 Å². The molecule has 0 bridgehead atoms. The van der Waals surface area contributed by atoms with Crippen molar-refractivity contribution in [2.45, 2.75) is 26.9 Å². The fourth-order valence-corrected chi connectivity index (χ4v) is 2.57. The van der Waals surface area contributed by atoms with Gasteiger partial charge in [-0.3, -0.25) is 9.59 Å². The SMILES string of the molecule is C=C(C)CN(CC)C(=O)c1nn(-c2cccc(C(F)(F)F)c2)c(C)cc1=O. The molecule has 0 fully saturated rings. The summed E-state index contributed by atoms with van der Waals surface area (Å²) in [5.41, 5.74) is -0.610. The zero-order valence-corrected chi connectivity index (χ0v) is 15.3. The number of rotatable bonds is 5. The number of carbonyl (C=O) groups excluding carboxylic acids is 1. The van der Waals surface area contributed by atoms with Crippen LogP contribution in [0.25, 0.3) is 5.69 Å². The Balaban J connectivity index is 2.55. The third kappa shape index (κ3) is 4.64. The van der Waals surface area contributed by atoms with Crippen LogP contribution in [0.15, 0.2) is 47.3 Å². The third-order valence-corrected chi connectivity index (χ3v) is 3.86. The van der Waals surface area contributed by atoms with Gasteiger partial charge < -0.3 is 4.90 Å². The van der Waals surface area contributed by atoms with E-state index in [9.17, 15) is 22.8 Å². The van der Waals surface area contributed by atoms with Crippen LogP contribution in [0.2, 0.25) is 0 Å². The number of amides is 1. The van der Waals surface area contributed by atoms with E-state index in [4.69, 9.17) is 0 Å². The predicted octanol–water partition coefficient (Wildman–Crippen LogP) is 3.60. The topological polar surface area (TPSA) is 55.2 Å². The maximum Gasteiger partial charge on any atom is 0.416 e. The summed E-state index contributed by atoms with van der Waals surface area (Å²) in [6.07, 6.45) is -4.51. The van der Waals surface area contributed by atoms with E-state index >= 15 is 0 Å². The Morgan fingerprint density at radius 1 is 1.30 bits per heavy atom. The fourth-order valence-electron chi connectivity index (χ4n) is 2.57. The standard InChI is InChI=1S/C19H20F3N3O2/c1-5-24(11-12(2)3)18(27)17-16(26)9-13(4)25(23-17)15-8-6-7-14(10-15)19(20,21)22/h6-10H,2,5,11H2,1,3-4H3. The Morgan fingerprint density at radius 2 is 1.96 bits per heavy atom. The number of benzene rings is 1. The second kappa shape index (κ2) is 7.77. The number of halogens is 3. The van der Waals surface area contributed by atoms with Crippen LogP contribution in [-0.4, -0.2) is 33.7 Å².